The first kappa shape index (κ1) is 14.8. The van der Waals surface area contributed by atoms with Crippen molar-refractivity contribution in [1.29, 1.82) is 0 Å². The zero-order valence-electron chi connectivity index (χ0n) is 10.6. The second-order valence-corrected chi connectivity index (χ2v) is 3.88. The third kappa shape index (κ3) is 4.47. The number of carboxylic acid groups (broad SMARTS) is 1. The highest BCUT2D eigenvalue weighted by Crippen LogP contribution is 2.08. The maximum absolute atomic E-state index is 11.1. The van der Waals surface area contributed by atoms with Crippen molar-refractivity contribution >= 4 is 11.9 Å². The highest BCUT2D eigenvalue weighted by molar-refractivity contribution is 5.97. The van der Waals surface area contributed by atoms with Crippen molar-refractivity contribution in [1.82, 2.24) is 4.90 Å². The van der Waals surface area contributed by atoms with Gasteiger partial charge in [-0.15, -0.1) is 0 Å². The van der Waals surface area contributed by atoms with Crippen molar-refractivity contribution in [2.24, 2.45) is 10.9 Å². The Morgan fingerprint density at radius 2 is 2.26 bits per heavy atom. The average Bonchev–Trinajstić information content (AvgIpc) is 2.42. The van der Waals surface area contributed by atoms with E-state index in [9.17, 15) is 4.79 Å². The first-order valence-corrected chi connectivity index (χ1v) is 5.62. The summed E-state index contributed by atoms with van der Waals surface area (Å²) in [4.78, 5) is 12.3. The molecule has 0 saturated carbocycles. The molecule has 0 aliphatic heterocycles. The molecule has 0 atom stereocenters. The molecule has 0 bridgehead atoms. The summed E-state index contributed by atoms with van der Waals surface area (Å²) in [6.07, 6.45) is -1.02. The van der Waals surface area contributed by atoms with Gasteiger partial charge in [0.1, 0.15) is 0 Å². The summed E-state index contributed by atoms with van der Waals surface area (Å²) in [5, 5.41) is 20.6. The number of nitrogens with zero attached hydrogens (tertiary/aromatic N) is 2. The number of amidine groups is 1. The Kier molecular flexibility index (Phi) is 5.62. The number of hydrogen-bond acceptors (Lipinski definition) is 4. The highest BCUT2D eigenvalue weighted by Gasteiger charge is 2.12. The monoisotopic (exact) mass is 267 g/mol. The fourth-order valence-electron chi connectivity index (χ4n) is 1.55. The molecular weight excluding hydrogens is 250 g/mol. The van der Waals surface area contributed by atoms with Crippen LogP contribution in [-0.2, 0) is 11.3 Å². The molecule has 0 aliphatic rings. The van der Waals surface area contributed by atoms with Crippen LogP contribution in [0, 0.1) is 0 Å². The molecule has 0 aromatic heterocycles. The summed E-state index contributed by atoms with van der Waals surface area (Å²) in [5.74, 6) is -0.0133. The molecule has 1 amide bonds. The standard InChI is InChI=1S/C12H17N3O4/c1-19-6-5-15(12(16)17)8-9-3-2-4-10(7-9)11(13)14-18/h2-4,7,18H,5-6,8H2,1H3,(H2,13,14)(H,16,17). The maximum atomic E-state index is 11.1. The molecule has 0 unspecified atom stereocenters. The van der Waals surface area contributed by atoms with E-state index in [4.69, 9.17) is 20.8 Å². The van der Waals surface area contributed by atoms with Crippen LogP contribution in [0.4, 0.5) is 4.79 Å². The van der Waals surface area contributed by atoms with Gasteiger partial charge in [0.15, 0.2) is 5.84 Å². The Balaban J connectivity index is 2.82. The van der Waals surface area contributed by atoms with Gasteiger partial charge in [0.05, 0.1) is 6.61 Å². The minimum absolute atomic E-state index is 0.0133. The number of hydrogen-bond donors (Lipinski definition) is 3. The number of ether oxygens (including phenoxy) is 1. The van der Waals surface area contributed by atoms with Gasteiger partial charge in [0, 0.05) is 25.8 Å². The van der Waals surface area contributed by atoms with Gasteiger partial charge in [0.25, 0.3) is 0 Å². The van der Waals surface area contributed by atoms with Crippen molar-refractivity contribution in [3.63, 3.8) is 0 Å². The maximum Gasteiger partial charge on any atom is 0.407 e. The van der Waals surface area contributed by atoms with Crippen LogP contribution in [0.3, 0.4) is 0 Å². The van der Waals surface area contributed by atoms with Crippen LogP contribution in [0.15, 0.2) is 29.4 Å². The third-order valence-electron chi connectivity index (χ3n) is 2.54. The first-order valence-electron chi connectivity index (χ1n) is 5.62. The Morgan fingerprint density at radius 1 is 1.53 bits per heavy atom. The molecule has 0 fully saturated rings. The zero-order chi connectivity index (χ0) is 14.3. The molecule has 19 heavy (non-hydrogen) atoms. The first-order chi connectivity index (χ1) is 9.08. The van der Waals surface area contributed by atoms with Crippen molar-refractivity contribution in [3.8, 4) is 0 Å². The van der Waals surface area contributed by atoms with Crippen LogP contribution in [0.5, 0.6) is 0 Å². The van der Waals surface area contributed by atoms with Gasteiger partial charge >= 0.3 is 6.09 Å². The van der Waals surface area contributed by atoms with E-state index in [0.29, 0.717) is 12.2 Å². The summed E-state index contributed by atoms with van der Waals surface area (Å²) < 4.78 is 4.86. The number of amides is 1. The number of methoxy groups -OCH3 is 1. The number of oxime groups is 1. The summed E-state index contributed by atoms with van der Waals surface area (Å²) in [5.41, 5.74) is 6.78. The van der Waals surface area contributed by atoms with E-state index in [1.807, 2.05) is 0 Å². The van der Waals surface area contributed by atoms with Gasteiger partial charge in [-0.05, 0) is 11.6 Å². The van der Waals surface area contributed by atoms with E-state index in [2.05, 4.69) is 5.16 Å². The van der Waals surface area contributed by atoms with E-state index < -0.39 is 6.09 Å². The Labute approximate surface area is 110 Å². The van der Waals surface area contributed by atoms with Crippen LogP contribution >= 0.6 is 0 Å². The fourth-order valence-corrected chi connectivity index (χ4v) is 1.55. The smallest absolute Gasteiger partial charge is 0.407 e. The predicted octanol–water partition coefficient (Wildman–Crippen LogP) is 0.908. The van der Waals surface area contributed by atoms with Crippen molar-refractivity contribution in [2.45, 2.75) is 6.54 Å². The van der Waals surface area contributed by atoms with Gasteiger partial charge in [0.2, 0.25) is 0 Å². The van der Waals surface area contributed by atoms with Crippen LogP contribution in [-0.4, -0.2) is 47.4 Å². The molecule has 4 N–H and O–H groups in total. The second-order valence-electron chi connectivity index (χ2n) is 3.88. The molecular formula is C12H17N3O4. The Bertz CT molecular complexity index is 462. The largest absolute Gasteiger partial charge is 0.465 e. The number of rotatable bonds is 6. The summed E-state index contributed by atoms with van der Waals surface area (Å²) in [7, 11) is 1.51. The lowest BCUT2D eigenvalue weighted by molar-refractivity contribution is 0.115. The molecule has 0 aliphatic carbocycles. The molecule has 0 saturated heterocycles. The molecule has 0 heterocycles. The third-order valence-corrected chi connectivity index (χ3v) is 2.54. The number of nitrogens with two attached hydrogens (primary N) is 1. The second kappa shape index (κ2) is 7.22. The van der Waals surface area contributed by atoms with Crippen LogP contribution in [0.25, 0.3) is 0 Å². The van der Waals surface area contributed by atoms with Crippen LogP contribution < -0.4 is 5.73 Å². The summed E-state index contributed by atoms with van der Waals surface area (Å²) >= 11 is 0. The minimum Gasteiger partial charge on any atom is -0.465 e. The highest BCUT2D eigenvalue weighted by atomic mass is 16.5. The van der Waals surface area contributed by atoms with E-state index in [0.717, 1.165) is 5.56 Å². The van der Waals surface area contributed by atoms with Gasteiger partial charge in [-0.25, -0.2) is 4.79 Å². The lowest BCUT2D eigenvalue weighted by atomic mass is 10.1. The summed E-state index contributed by atoms with van der Waals surface area (Å²) in [6, 6.07) is 6.85. The molecule has 1 rings (SSSR count). The van der Waals surface area contributed by atoms with Gasteiger partial charge in [-0.2, -0.15) is 0 Å². The fraction of sp³-hybridized carbons (Fsp3) is 0.333. The molecule has 7 nitrogen and oxygen atoms in total. The van der Waals surface area contributed by atoms with E-state index in [-0.39, 0.29) is 18.9 Å². The SMILES string of the molecule is COCCN(Cc1cccc(/C(N)=N\O)c1)C(=O)O. The van der Waals surface area contributed by atoms with Gasteiger partial charge in [-0.1, -0.05) is 23.4 Å². The Hall–Kier alpha value is -2.28. The molecule has 7 heteroatoms. The zero-order valence-corrected chi connectivity index (χ0v) is 10.6. The van der Waals surface area contributed by atoms with Crippen molar-refractivity contribution in [2.75, 3.05) is 20.3 Å². The normalized spacial score (nSPS) is 11.3. The predicted molar refractivity (Wildman–Crippen MR) is 69.3 cm³/mol. The molecule has 104 valence electrons. The van der Waals surface area contributed by atoms with Crippen LogP contribution in [0.2, 0.25) is 0 Å². The van der Waals surface area contributed by atoms with Crippen molar-refractivity contribution in [3.05, 3.63) is 35.4 Å². The van der Waals surface area contributed by atoms with Crippen LogP contribution in [0.1, 0.15) is 11.1 Å². The lowest BCUT2D eigenvalue weighted by Crippen LogP contribution is -2.32. The molecule has 1 aromatic rings. The topological polar surface area (TPSA) is 108 Å². The number of benzene rings is 1. The Morgan fingerprint density at radius 3 is 2.84 bits per heavy atom. The molecule has 0 radical (unpaired) electrons. The van der Waals surface area contributed by atoms with E-state index in [1.54, 1.807) is 24.3 Å². The van der Waals surface area contributed by atoms with Gasteiger partial charge in [-0.3, -0.25) is 0 Å². The lowest BCUT2D eigenvalue weighted by Gasteiger charge is -2.19. The van der Waals surface area contributed by atoms with E-state index in [1.165, 1.54) is 12.0 Å². The summed E-state index contributed by atoms with van der Waals surface area (Å²) in [6.45, 7) is 0.817. The van der Waals surface area contributed by atoms with E-state index >= 15 is 0 Å². The quantitative estimate of drug-likeness (QED) is 0.307. The molecule has 0 spiro atoms. The van der Waals surface area contributed by atoms with Crippen molar-refractivity contribution < 1.29 is 19.8 Å². The average molecular weight is 267 g/mol. The molecule has 1 aromatic carbocycles. The van der Waals surface area contributed by atoms with Gasteiger partial charge < -0.3 is 25.7 Å². The number of carbonyl (C=O) groups is 1. The minimum atomic E-state index is -1.02.